The van der Waals surface area contributed by atoms with Gasteiger partial charge >= 0.3 is 0 Å². The van der Waals surface area contributed by atoms with Crippen LogP contribution in [0.15, 0.2) is 53.9 Å². The molecule has 0 spiro atoms. The monoisotopic (exact) mass is 372 g/mol. The van der Waals surface area contributed by atoms with Crippen LogP contribution in [0.1, 0.15) is 36.9 Å². The van der Waals surface area contributed by atoms with Gasteiger partial charge in [0.2, 0.25) is 15.9 Å². The van der Waals surface area contributed by atoms with Gasteiger partial charge in [0.05, 0.1) is 18.0 Å². The molecule has 0 radical (unpaired) electrons. The van der Waals surface area contributed by atoms with Crippen molar-refractivity contribution in [3.63, 3.8) is 0 Å². The molecule has 1 aromatic heterocycles. The molecule has 1 N–H and O–H groups in total. The van der Waals surface area contributed by atoms with Crippen LogP contribution in [0.4, 0.5) is 5.69 Å². The SMILES string of the molecule is CCC(=O)N1N=C(c2ccc(NS(C)(=O)=O)cc2)CC1c1cccnc1. The number of aromatic nitrogens is 1. The van der Waals surface area contributed by atoms with Gasteiger partial charge in [0.1, 0.15) is 0 Å². The third kappa shape index (κ3) is 4.08. The summed E-state index contributed by atoms with van der Waals surface area (Å²) in [5.74, 6) is -0.0517. The molecular formula is C18H20N4O3S. The number of sulfonamides is 1. The normalized spacial score (nSPS) is 17.1. The number of hydrazone groups is 1. The molecule has 7 nitrogen and oxygen atoms in total. The second-order valence-electron chi connectivity index (χ2n) is 6.10. The number of anilines is 1. The molecule has 1 aromatic carbocycles. The van der Waals surface area contributed by atoms with Gasteiger partial charge in [-0.1, -0.05) is 25.1 Å². The number of benzene rings is 1. The third-order valence-corrected chi connectivity index (χ3v) is 4.67. The zero-order valence-electron chi connectivity index (χ0n) is 14.6. The Morgan fingerprint density at radius 3 is 2.58 bits per heavy atom. The third-order valence-electron chi connectivity index (χ3n) is 4.06. The maximum atomic E-state index is 12.3. The molecule has 3 rings (SSSR count). The Labute approximate surface area is 152 Å². The highest BCUT2D eigenvalue weighted by Crippen LogP contribution is 2.33. The number of rotatable bonds is 5. The average molecular weight is 372 g/mol. The largest absolute Gasteiger partial charge is 0.284 e. The van der Waals surface area contributed by atoms with Gasteiger partial charge < -0.3 is 0 Å². The van der Waals surface area contributed by atoms with Crippen molar-refractivity contribution in [3.05, 3.63) is 59.9 Å². The smallest absolute Gasteiger partial charge is 0.242 e. The second-order valence-corrected chi connectivity index (χ2v) is 7.84. The summed E-state index contributed by atoms with van der Waals surface area (Å²) in [7, 11) is -3.32. The lowest BCUT2D eigenvalue weighted by molar-refractivity contribution is -0.132. The summed E-state index contributed by atoms with van der Waals surface area (Å²) in [6.07, 6.45) is 5.49. The van der Waals surface area contributed by atoms with Gasteiger partial charge in [-0.25, -0.2) is 13.4 Å². The summed E-state index contributed by atoms with van der Waals surface area (Å²) in [6.45, 7) is 1.81. The van der Waals surface area contributed by atoms with Crippen LogP contribution in [0.25, 0.3) is 0 Å². The molecule has 136 valence electrons. The summed E-state index contributed by atoms with van der Waals surface area (Å²) < 4.78 is 25.0. The summed E-state index contributed by atoms with van der Waals surface area (Å²) in [4.78, 5) is 16.4. The van der Waals surface area contributed by atoms with E-state index in [-0.39, 0.29) is 11.9 Å². The van der Waals surface area contributed by atoms with E-state index in [0.717, 1.165) is 23.1 Å². The first-order valence-corrected chi connectivity index (χ1v) is 10.1. The van der Waals surface area contributed by atoms with E-state index in [0.29, 0.717) is 18.5 Å². The highest BCUT2D eigenvalue weighted by Gasteiger charge is 2.32. The number of nitrogens with zero attached hydrogens (tertiary/aromatic N) is 3. The first-order chi connectivity index (χ1) is 12.4. The molecule has 1 aliphatic heterocycles. The number of carbonyl (C=O) groups is 1. The molecule has 1 amide bonds. The molecule has 0 fully saturated rings. The Bertz CT molecular complexity index is 925. The average Bonchev–Trinajstić information content (AvgIpc) is 3.06. The molecule has 2 aromatic rings. The van der Waals surface area contributed by atoms with Crippen LogP contribution in [0, 0.1) is 0 Å². The van der Waals surface area contributed by atoms with Crippen molar-refractivity contribution >= 4 is 27.3 Å². The van der Waals surface area contributed by atoms with Crippen LogP contribution in [0.2, 0.25) is 0 Å². The lowest BCUT2D eigenvalue weighted by atomic mass is 9.99. The zero-order valence-corrected chi connectivity index (χ0v) is 15.4. The molecule has 0 saturated carbocycles. The Morgan fingerprint density at radius 2 is 2.00 bits per heavy atom. The van der Waals surface area contributed by atoms with Crippen molar-refractivity contribution in [1.82, 2.24) is 9.99 Å². The van der Waals surface area contributed by atoms with E-state index in [4.69, 9.17) is 0 Å². The minimum Gasteiger partial charge on any atom is -0.284 e. The molecule has 26 heavy (non-hydrogen) atoms. The van der Waals surface area contributed by atoms with Crippen molar-refractivity contribution in [2.24, 2.45) is 5.10 Å². The van der Waals surface area contributed by atoms with Crippen molar-refractivity contribution < 1.29 is 13.2 Å². The van der Waals surface area contributed by atoms with Gasteiger partial charge in [0.15, 0.2) is 0 Å². The van der Waals surface area contributed by atoms with Gasteiger partial charge in [0, 0.05) is 30.9 Å². The second kappa shape index (κ2) is 7.25. The maximum Gasteiger partial charge on any atom is 0.242 e. The van der Waals surface area contributed by atoms with Gasteiger partial charge in [0.25, 0.3) is 0 Å². The molecule has 0 aliphatic carbocycles. The van der Waals surface area contributed by atoms with Crippen molar-refractivity contribution in [1.29, 1.82) is 0 Å². The minimum absolute atomic E-state index is 0.0517. The lowest BCUT2D eigenvalue weighted by Crippen LogP contribution is -2.26. The molecule has 1 unspecified atom stereocenters. The fourth-order valence-corrected chi connectivity index (χ4v) is 3.42. The van der Waals surface area contributed by atoms with Crippen LogP contribution in [-0.2, 0) is 14.8 Å². The molecule has 2 heterocycles. The van der Waals surface area contributed by atoms with E-state index in [9.17, 15) is 13.2 Å². The molecule has 1 aliphatic rings. The summed E-state index contributed by atoms with van der Waals surface area (Å²) >= 11 is 0. The summed E-state index contributed by atoms with van der Waals surface area (Å²) in [5.41, 5.74) is 3.06. The minimum atomic E-state index is -3.32. The van der Waals surface area contributed by atoms with E-state index in [1.54, 1.807) is 36.7 Å². The van der Waals surface area contributed by atoms with E-state index in [2.05, 4.69) is 14.8 Å². The summed E-state index contributed by atoms with van der Waals surface area (Å²) in [6, 6.07) is 10.6. The Balaban J connectivity index is 1.87. The topological polar surface area (TPSA) is 91.7 Å². The lowest BCUT2D eigenvalue weighted by Gasteiger charge is -2.21. The number of hydrogen-bond donors (Lipinski definition) is 1. The van der Waals surface area contributed by atoms with Crippen molar-refractivity contribution in [2.75, 3.05) is 11.0 Å². The van der Waals surface area contributed by atoms with E-state index >= 15 is 0 Å². The number of hydrogen-bond acceptors (Lipinski definition) is 5. The molecule has 1 atom stereocenters. The maximum absolute atomic E-state index is 12.3. The quantitative estimate of drug-likeness (QED) is 0.873. The highest BCUT2D eigenvalue weighted by molar-refractivity contribution is 7.92. The molecule has 8 heteroatoms. The highest BCUT2D eigenvalue weighted by atomic mass is 32.2. The fraction of sp³-hybridized carbons (Fsp3) is 0.278. The van der Waals surface area contributed by atoms with Crippen molar-refractivity contribution in [2.45, 2.75) is 25.8 Å². The summed E-state index contributed by atoms with van der Waals surface area (Å²) in [5, 5.41) is 6.05. The predicted octanol–water partition coefficient (Wildman–Crippen LogP) is 2.54. The van der Waals surface area contributed by atoms with Crippen molar-refractivity contribution in [3.8, 4) is 0 Å². The van der Waals surface area contributed by atoms with Crippen LogP contribution in [0.5, 0.6) is 0 Å². The molecule has 0 bridgehead atoms. The molecular weight excluding hydrogens is 352 g/mol. The number of carbonyl (C=O) groups excluding carboxylic acids is 1. The Morgan fingerprint density at radius 1 is 1.27 bits per heavy atom. The van der Waals surface area contributed by atoms with Gasteiger partial charge in [-0.3, -0.25) is 14.5 Å². The number of pyridine rings is 1. The van der Waals surface area contributed by atoms with Gasteiger partial charge in [-0.05, 0) is 29.3 Å². The van der Waals surface area contributed by atoms with E-state index < -0.39 is 10.0 Å². The van der Waals surface area contributed by atoms with Crippen LogP contribution in [-0.4, -0.2) is 36.3 Å². The van der Waals surface area contributed by atoms with Crippen LogP contribution in [0.3, 0.4) is 0 Å². The Kier molecular flexibility index (Phi) is 5.03. The fourth-order valence-electron chi connectivity index (χ4n) is 2.85. The van der Waals surface area contributed by atoms with Crippen LogP contribution >= 0.6 is 0 Å². The number of nitrogens with one attached hydrogen (secondary N) is 1. The Hall–Kier alpha value is -2.74. The number of amides is 1. The van der Waals surface area contributed by atoms with Gasteiger partial charge in [-0.2, -0.15) is 5.10 Å². The van der Waals surface area contributed by atoms with Gasteiger partial charge in [-0.15, -0.1) is 0 Å². The standard InChI is InChI=1S/C18H20N4O3S/c1-3-18(23)22-17(14-5-4-10-19-12-14)11-16(20-22)13-6-8-15(9-7-13)21-26(2,24)25/h4-10,12,17,21H,3,11H2,1-2H3. The zero-order chi connectivity index (χ0) is 18.7. The first kappa shape index (κ1) is 18.1. The van der Waals surface area contributed by atoms with E-state index in [1.807, 2.05) is 19.1 Å². The van der Waals surface area contributed by atoms with Crippen LogP contribution < -0.4 is 4.72 Å². The first-order valence-electron chi connectivity index (χ1n) is 8.25. The van der Waals surface area contributed by atoms with E-state index in [1.165, 1.54) is 5.01 Å². The molecule has 0 saturated heterocycles. The predicted molar refractivity (Wildman–Crippen MR) is 100 cm³/mol.